The van der Waals surface area contributed by atoms with Crippen molar-refractivity contribution in [3.8, 4) is 5.69 Å². The molecule has 2 nitrogen and oxygen atoms in total. The fourth-order valence-corrected chi connectivity index (χ4v) is 12.1. The Labute approximate surface area is 374 Å². The van der Waals surface area contributed by atoms with Gasteiger partial charge in [0, 0.05) is 27.8 Å². The Balaban J connectivity index is 1.16. The third kappa shape index (κ3) is 4.97. The number of benzene rings is 9. The average Bonchev–Trinajstić information content (AvgIpc) is 3.87. The summed E-state index contributed by atoms with van der Waals surface area (Å²) in [6.07, 6.45) is 4.44. The van der Waals surface area contributed by atoms with Crippen LogP contribution in [0.2, 0.25) is 0 Å². The van der Waals surface area contributed by atoms with Crippen molar-refractivity contribution in [3.63, 3.8) is 0 Å². The van der Waals surface area contributed by atoms with Crippen LogP contribution in [-0.4, -0.2) is 4.57 Å². The first kappa shape index (κ1) is 36.7. The number of allylic oxidation sites excluding steroid dienone is 4. The summed E-state index contributed by atoms with van der Waals surface area (Å²) in [5, 5.41) is 2.48. The van der Waals surface area contributed by atoms with Crippen molar-refractivity contribution in [1.29, 1.82) is 0 Å². The number of hydrogen-bond donors (Lipinski definition) is 0. The molecule has 302 valence electrons. The molecule has 2 unspecified atom stereocenters. The molecule has 0 fully saturated rings. The first-order valence-corrected chi connectivity index (χ1v) is 22.6. The van der Waals surface area contributed by atoms with Crippen molar-refractivity contribution < 1.29 is 0 Å². The zero-order valence-corrected chi connectivity index (χ0v) is 35.4. The maximum Gasteiger partial charge on any atom is 0.0716 e. The highest BCUT2D eigenvalue weighted by molar-refractivity contribution is 6.10. The summed E-state index contributed by atoms with van der Waals surface area (Å²) in [6.45, 7) is 0. The number of hydrogen-bond acceptors (Lipinski definition) is 1. The van der Waals surface area contributed by atoms with Crippen LogP contribution in [-0.2, 0) is 10.8 Å². The minimum atomic E-state index is -0.639. The third-order valence-electron chi connectivity index (χ3n) is 14.4. The SMILES string of the molecule is C1=C2C3=C(CC1)C(c1ccccc1)(c1ccccc1N(c1ccccc1)c1ccc4c5ccccc5n(-c5ccccc5)c4c1)c1ccccc1C3(c1ccccc1)c1ccccc12. The second-order valence-electron chi connectivity index (χ2n) is 17.4. The van der Waals surface area contributed by atoms with Gasteiger partial charge in [-0.15, -0.1) is 0 Å². The largest absolute Gasteiger partial charge is 0.310 e. The molecule has 0 spiro atoms. The van der Waals surface area contributed by atoms with Crippen LogP contribution >= 0.6 is 0 Å². The maximum absolute atomic E-state index is 2.54. The van der Waals surface area contributed by atoms with Crippen LogP contribution in [0.1, 0.15) is 51.8 Å². The number of aromatic nitrogens is 1. The lowest BCUT2D eigenvalue weighted by Crippen LogP contribution is -2.45. The fraction of sp³-hybridized carbons (Fsp3) is 0.0645. The number of anilines is 3. The van der Waals surface area contributed by atoms with E-state index in [1.165, 1.54) is 77.5 Å². The van der Waals surface area contributed by atoms with E-state index in [4.69, 9.17) is 0 Å². The lowest BCUT2D eigenvalue weighted by atomic mass is 9.50. The molecule has 0 N–H and O–H groups in total. The summed E-state index contributed by atoms with van der Waals surface area (Å²) in [6, 6.07) is 88.3. The van der Waals surface area contributed by atoms with Gasteiger partial charge in [0.1, 0.15) is 0 Å². The Hall–Kier alpha value is -7.94. The van der Waals surface area contributed by atoms with Crippen LogP contribution in [0.15, 0.2) is 254 Å². The van der Waals surface area contributed by atoms with Crippen molar-refractivity contribution in [3.05, 3.63) is 293 Å². The van der Waals surface area contributed by atoms with E-state index in [-0.39, 0.29) is 0 Å². The van der Waals surface area contributed by atoms with E-state index >= 15 is 0 Å². The molecule has 2 heteroatoms. The summed E-state index contributed by atoms with van der Waals surface area (Å²) in [7, 11) is 0. The predicted octanol–water partition coefficient (Wildman–Crippen LogP) is 15.4. The Bertz CT molecular complexity index is 3490. The highest BCUT2D eigenvalue weighted by Crippen LogP contribution is 2.68. The molecule has 0 bridgehead atoms. The van der Waals surface area contributed by atoms with E-state index in [9.17, 15) is 0 Å². The number of rotatable bonds is 7. The molecule has 3 aliphatic rings. The normalized spacial score (nSPS) is 18.3. The highest BCUT2D eigenvalue weighted by atomic mass is 15.1. The molecule has 0 amide bonds. The molecule has 10 aromatic rings. The molecule has 64 heavy (non-hydrogen) atoms. The Morgan fingerprint density at radius 1 is 0.406 bits per heavy atom. The number of para-hydroxylation sites is 4. The summed E-state index contributed by atoms with van der Waals surface area (Å²) in [5.41, 5.74) is 19.3. The van der Waals surface area contributed by atoms with Crippen LogP contribution in [0.4, 0.5) is 17.1 Å². The molecular formula is C62H44N2. The number of fused-ring (bicyclic) bond motifs is 8. The van der Waals surface area contributed by atoms with Gasteiger partial charge in [-0.05, 0) is 117 Å². The molecule has 9 aromatic carbocycles. The number of nitrogens with zero attached hydrogens (tertiary/aromatic N) is 2. The van der Waals surface area contributed by atoms with Crippen molar-refractivity contribution in [2.24, 2.45) is 0 Å². The minimum Gasteiger partial charge on any atom is -0.310 e. The van der Waals surface area contributed by atoms with Gasteiger partial charge in [0.05, 0.1) is 27.6 Å². The molecule has 0 saturated heterocycles. The van der Waals surface area contributed by atoms with Crippen LogP contribution < -0.4 is 4.90 Å². The second-order valence-corrected chi connectivity index (χ2v) is 17.4. The first-order valence-electron chi connectivity index (χ1n) is 22.6. The molecule has 0 radical (unpaired) electrons. The average molecular weight is 817 g/mol. The third-order valence-corrected chi connectivity index (χ3v) is 14.4. The van der Waals surface area contributed by atoms with Gasteiger partial charge >= 0.3 is 0 Å². The van der Waals surface area contributed by atoms with Crippen LogP contribution in [0.25, 0.3) is 33.1 Å². The monoisotopic (exact) mass is 816 g/mol. The molecular weight excluding hydrogens is 773 g/mol. The molecule has 13 rings (SSSR count). The van der Waals surface area contributed by atoms with E-state index in [1.807, 2.05) is 0 Å². The fourth-order valence-electron chi connectivity index (χ4n) is 12.1. The van der Waals surface area contributed by atoms with Gasteiger partial charge in [-0.2, -0.15) is 0 Å². The zero-order valence-electron chi connectivity index (χ0n) is 35.4. The van der Waals surface area contributed by atoms with E-state index in [2.05, 4.69) is 252 Å². The predicted molar refractivity (Wildman–Crippen MR) is 265 cm³/mol. The van der Waals surface area contributed by atoms with Crippen LogP contribution in [0.5, 0.6) is 0 Å². The van der Waals surface area contributed by atoms with Crippen molar-refractivity contribution >= 4 is 44.4 Å². The summed E-state index contributed by atoms with van der Waals surface area (Å²) >= 11 is 0. The Morgan fingerprint density at radius 2 is 0.953 bits per heavy atom. The summed E-state index contributed by atoms with van der Waals surface area (Å²) in [4.78, 5) is 2.52. The van der Waals surface area contributed by atoms with Crippen molar-refractivity contribution in [2.45, 2.75) is 23.7 Å². The topological polar surface area (TPSA) is 8.17 Å². The molecule has 3 aliphatic carbocycles. The lowest BCUT2D eigenvalue weighted by molar-refractivity contribution is 0.589. The molecule has 1 heterocycles. The van der Waals surface area contributed by atoms with E-state index < -0.39 is 10.8 Å². The highest BCUT2D eigenvalue weighted by Gasteiger charge is 2.59. The molecule has 1 aromatic heterocycles. The van der Waals surface area contributed by atoms with Gasteiger partial charge in [-0.1, -0.05) is 194 Å². The van der Waals surface area contributed by atoms with Gasteiger partial charge in [0.15, 0.2) is 0 Å². The zero-order chi connectivity index (χ0) is 42.2. The van der Waals surface area contributed by atoms with Gasteiger partial charge in [-0.3, -0.25) is 0 Å². The quantitative estimate of drug-likeness (QED) is 0.156. The molecule has 0 saturated carbocycles. The van der Waals surface area contributed by atoms with E-state index in [0.29, 0.717) is 0 Å². The second kappa shape index (κ2) is 14.3. The molecule has 0 aliphatic heterocycles. The smallest absolute Gasteiger partial charge is 0.0716 e. The van der Waals surface area contributed by atoms with E-state index in [1.54, 1.807) is 0 Å². The van der Waals surface area contributed by atoms with Crippen LogP contribution in [0.3, 0.4) is 0 Å². The molecule has 2 atom stereocenters. The minimum absolute atomic E-state index is 0.474. The van der Waals surface area contributed by atoms with Crippen LogP contribution in [0, 0.1) is 0 Å². The maximum atomic E-state index is 2.54. The van der Waals surface area contributed by atoms with Crippen molar-refractivity contribution in [1.82, 2.24) is 4.57 Å². The van der Waals surface area contributed by atoms with E-state index in [0.717, 1.165) is 35.6 Å². The van der Waals surface area contributed by atoms with Gasteiger partial charge in [-0.25, -0.2) is 0 Å². The first-order chi connectivity index (χ1) is 31.8. The summed E-state index contributed by atoms with van der Waals surface area (Å²) < 4.78 is 2.43. The van der Waals surface area contributed by atoms with Gasteiger partial charge < -0.3 is 9.47 Å². The standard InChI is InChI=1S/C62H44N2/c1-5-22-43(23-6-1)61(53-34-16-17-35-54(53)62(44-24-7-2-8-25-44)52-33-15-13-30-48(52)51-32-21-37-56(61)60(51)62)55-36-18-20-39-58(55)63(45-26-9-3-10-27-45)47-40-41-50-49-31-14-19-38-57(49)64(59(50)42-47)46-28-11-4-12-29-46/h1-20,22-36,38-42H,21,37H2. The Kier molecular flexibility index (Phi) is 8.20. The lowest BCUT2D eigenvalue weighted by Gasteiger charge is -2.52. The van der Waals surface area contributed by atoms with Gasteiger partial charge in [0.2, 0.25) is 0 Å². The summed E-state index contributed by atoms with van der Waals surface area (Å²) in [5.74, 6) is 0. The Morgan fingerprint density at radius 3 is 1.69 bits per heavy atom. The van der Waals surface area contributed by atoms with Crippen molar-refractivity contribution in [2.75, 3.05) is 4.90 Å². The van der Waals surface area contributed by atoms with Gasteiger partial charge in [0.25, 0.3) is 0 Å².